The minimum absolute atomic E-state index is 0.0694. The standard InChI is InChI=1S/C14H16N2O2/c1-9(2)8-15-12-7-13(14(17)18)16-11-6-4-3-5-10(11)12/h3-7,9H,8H2,1-2H3,(H,15,16)(H,17,18). The normalized spacial score (nSPS) is 10.8. The van der Waals surface area contributed by atoms with Crippen LogP contribution in [0.3, 0.4) is 0 Å². The van der Waals surface area contributed by atoms with Crippen molar-refractivity contribution in [2.75, 3.05) is 11.9 Å². The van der Waals surface area contributed by atoms with Crippen molar-refractivity contribution in [1.82, 2.24) is 4.98 Å². The number of aromatic carboxylic acids is 1. The maximum atomic E-state index is 11.0. The third kappa shape index (κ3) is 2.59. The molecule has 0 atom stereocenters. The first kappa shape index (κ1) is 12.4. The van der Waals surface area contributed by atoms with E-state index in [-0.39, 0.29) is 5.69 Å². The van der Waals surface area contributed by atoms with Crippen molar-refractivity contribution < 1.29 is 9.90 Å². The van der Waals surface area contributed by atoms with Crippen molar-refractivity contribution in [3.05, 3.63) is 36.0 Å². The second kappa shape index (κ2) is 5.04. The molecule has 1 aromatic carbocycles. The molecule has 0 aliphatic heterocycles. The molecule has 2 N–H and O–H groups in total. The topological polar surface area (TPSA) is 62.2 Å². The predicted molar refractivity (Wildman–Crippen MR) is 72.0 cm³/mol. The van der Waals surface area contributed by atoms with Crippen LogP contribution >= 0.6 is 0 Å². The van der Waals surface area contributed by atoms with E-state index in [0.717, 1.165) is 17.6 Å². The first-order valence-electron chi connectivity index (χ1n) is 5.95. The SMILES string of the molecule is CC(C)CNc1cc(C(=O)O)nc2ccccc12. The van der Waals surface area contributed by atoms with E-state index < -0.39 is 5.97 Å². The summed E-state index contributed by atoms with van der Waals surface area (Å²) in [6, 6.07) is 9.13. The summed E-state index contributed by atoms with van der Waals surface area (Å²) in [5, 5.41) is 13.3. The highest BCUT2D eigenvalue weighted by Crippen LogP contribution is 2.23. The van der Waals surface area contributed by atoms with Crippen molar-refractivity contribution in [2.24, 2.45) is 5.92 Å². The average Bonchev–Trinajstić information content (AvgIpc) is 2.35. The molecule has 0 fully saturated rings. The summed E-state index contributed by atoms with van der Waals surface area (Å²) in [4.78, 5) is 15.2. The molecule has 4 heteroatoms. The number of pyridine rings is 1. The molecule has 0 unspecified atom stereocenters. The predicted octanol–water partition coefficient (Wildman–Crippen LogP) is 3.00. The number of hydrogen-bond donors (Lipinski definition) is 2. The summed E-state index contributed by atoms with van der Waals surface area (Å²) in [6.07, 6.45) is 0. The van der Waals surface area contributed by atoms with Gasteiger partial charge in [-0.3, -0.25) is 0 Å². The zero-order valence-electron chi connectivity index (χ0n) is 10.5. The van der Waals surface area contributed by atoms with Crippen molar-refractivity contribution >= 4 is 22.6 Å². The Bertz CT molecular complexity index is 579. The van der Waals surface area contributed by atoms with Crippen LogP contribution in [-0.4, -0.2) is 22.6 Å². The van der Waals surface area contributed by atoms with Gasteiger partial charge < -0.3 is 10.4 Å². The number of nitrogens with zero attached hydrogens (tertiary/aromatic N) is 1. The van der Waals surface area contributed by atoms with Gasteiger partial charge in [0.15, 0.2) is 5.69 Å². The second-order valence-electron chi connectivity index (χ2n) is 4.65. The fourth-order valence-corrected chi connectivity index (χ4v) is 1.75. The number of aromatic nitrogens is 1. The Labute approximate surface area is 106 Å². The Morgan fingerprint density at radius 3 is 2.78 bits per heavy atom. The molecule has 0 saturated heterocycles. The molecule has 2 aromatic rings. The number of carboxylic acids is 1. The first-order valence-corrected chi connectivity index (χ1v) is 5.95. The number of nitrogens with one attached hydrogen (secondary N) is 1. The maximum absolute atomic E-state index is 11.0. The average molecular weight is 244 g/mol. The van der Waals surface area contributed by atoms with Gasteiger partial charge in [0, 0.05) is 17.6 Å². The minimum Gasteiger partial charge on any atom is -0.477 e. The number of para-hydroxylation sites is 1. The molecular formula is C14H16N2O2. The van der Waals surface area contributed by atoms with Gasteiger partial charge in [-0.2, -0.15) is 0 Å². The lowest BCUT2D eigenvalue weighted by Crippen LogP contribution is -2.10. The quantitative estimate of drug-likeness (QED) is 0.867. The Kier molecular flexibility index (Phi) is 3.46. The van der Waals surface area contributed by atoms with Gasteiger partial charge >= 0.3 is 5.97 Å². The Balaban J connectivity index is 2.50. The number of hydrogen-bond acceptors (Lipinski definition) is 3. The third-order valence-corrected chi connectivity index (χ3v) is 2.64. The molecule has 18 heavy (non-hydrogen) atoms. The van der Waals surface area contributed by atoms with Gasteiger partial charge in [0.05, 0.1) is 5.52 Å². The van der Waals surface area contributed by atoms with E-state index in [9.17, 15) is 4.79 Å². The van der Waals surface area contributed by atoms with Crippen LogP contribution in [0.2, 0.25) is 0 Å². The van der Waals surface area contributed by atoms with Crippen molar-refractivity contribution in [1.29, 1.82) is 0 Å². The second-order valence-corrected chi connectivity index (χ2v) is 4.65. The third-order valence-electron chi connectivity index (χ3n) is 2.64. The van der Waals surface area contributed by atoms with E-state index in [1.807, 2.05) is 24.3 Å². The lowest BCUT2D eigenvalue weighted by Gasteiger charge is -2.12. The first-order chi connectivity index (χ1) is 8.58. The van der Waals surface area contributed by atoms with Crippen molar-refractivity contribution in [2.45, 2.75) is 13.8 Å². The summed E-state index contributed by atoms with van der Waals surface area (Å²) in [6.45, 7) is 5.01. The van der Waals surface area contributed by atoms with E-state index in [1.54, 1.807) is 6.07 Å². The molecule has 0 radical (unpaired) electrons. The highest BCUT2D eigenvalue weighted by atomic mass is 16.4. The molecule has 2 rings (SSSR count). The lowest BCUT2D eigenvalue weighted by atomic mass is 10.1. The Hall–Kier alpha value is -2.10. The van der Waals surface area contributed by atoms with Gasteiger partial charge in [-0.15, -0.1) is 0 Å². The molecule has 1 aromatic heterocycles. The maximum Gasteiger partial charge on any atom is 0.354 e. The molecule has 0 spiro atoms. The van der Waals surface area contributed by atoms with Crippen LogP contribution in [0.15, 0.2) is 30.3 Å². The number of carbonyl (C=O) groups is 1. The largest absolute Gasteiger partial charge is 0.477 e. The molecule has 0 aliphatic carbocycles. The van der Waals surface area contributed by atoms with Crippen LogP contribution in [0.25, 0.3) is 10.9 Å². The number of fused-ring (bicyclic) bond motifs is 1. The number of anilines is 1. The molecule has 1 heterocycles. The number of carboxylic acid groups (broad SMARTS) is 1. The van der Waals surface area contributed by atoms with E-state index in [4.69, 9.17) is 5.11 Å². The van der Waals surface area contributed by atoms with Crippen LogP contribution in [0.5, 0.6) is 0 Å². The lowest BCUT2D eigenvalue weighted by molar-refractivity contribution is 0.0691. The Morgan fingerprint density at radius 2 is 2.11 bits per heavy atom. The smallest absolute Gasteiger partial charge is 0.354 e. The van der Waals surface area contributed by atoms with Crippen molar-refractivity contribution in [3.63, 3.8) is 0 Å². The van der Waals surface area contributed by atoms with Gasteiger partial charge in [-0.05, 0) is 18.1 Å². The number of benzene rings is 1. The summed E-state index contributed by atoms with van der Waals surface area (Å²) in [5.74, 6) is -0.515. The zero-order valence-corrected chi connectivity index (χ0v) is 10.5. The van der Waals surface area contributed by atoms with E-state index >= 15 is 0 Å². The molecule has 0 saturated carbocycles. The van der Waals surface area contributed by atoms with Crippen LogP contribution in [0.1, 0.15) is 24.3 Å². The van der Waals surface area contributed by atoms with Gasteiger partial charge in [-0.1, -0.05) is 32.0 Å². The zero-order chi connectivity index (χ0) is 13.1. The van der Waals surface area contributed by atoms with Gasteiger partial charge in [0.1, 0.15) is 0 Å². The van der Waals surface area contributed by atoms with Gasteiger partial charge in [0.2, 0.25) is 0 Å². The number of rotatable bonds is 4. The molecule has 94 valence electrons. The summed E-state index contributed by atoms with van der Waals surface area (Å²) >= 11 is 0. The van der Waals surface area contributed by atoms with Gasteiger partial charge in [0.25, 0.3) is 0 Å². The molecule has 0 aliphatic rings. The monoisotopic (exact) mass is 244 g/mol. The van der Waals surface area contributed by atoms with Crippen LogP contribution in [0.4, 0.5) is 5.69 Å². The molecule has 4 nitrogen and oxygen atoms in total. The van der Waals surface area contributed by atoms with E-state index in [0.29, 0.717) is 11.4 Å². The van der Waals surface area contributed by atoms with Crippen molar-refractivity contribution in [3.8, 4) is 0 Å². The highest BCUT2D eigenvalue weighted by Gasteiger charge is 2.10. The van der Waals surface area contributed by atoms with Crippen LogP contribution in [-0.2, 0) is 0 Å². The fraction of sp³-hybridized carbons (Fsp3) is 0.286. The Morgan fingerprint density at radius 1 is 1.39 bits per heavy atom. The molecule has 0 bridgehead atoms. The highest BCUT2D eigenvalue weighted by molar-refractivity contribution is 5.97. The summed E-state index contributed by atoms with van der Waals surface area (Å²) < 4.78 is 0. The van der Waals surface area contributed by atoms with Crippen LogP contribution in [0, 0.1) is 5.92 Å². The molecular weight excluding hydrogens is 228 g/mol. The van der Waals surface area contributed by atoms with Gasteiger partial charge in [-0.25, -0.2) is 9.78 Å². The molecule has 0 amide bonds. The van der Waals surface area contributed by atoms with E-state index in [2.05, 4.69) is 24.1 Å². The van der Waals surface area contributed by atoms with E-state index in [1.165, 1.54) is 0 Å². The summed E-state index contributed by atoms with van der Waals surface area (Å²) in [5.41, 5.74) is 1.59. The fourth-order valence-electron chi connectivity index (χ4n) is 1.75. The summed E-state index contributed by atoms with van der Waals surface area (Å²) in [7, 11) is 0. The van der Waals surface area contributed by atoms with Crippen LogP contribution < -0.4 is 5.32 Å². The minimum atomic E-state index is -1.01.